The Morgan fingerprint density at radius 1 is 1.19 bits per heavy atom. The summed E-state index contributed by atoms with van der Waals surface area (Å²) in [6.45, 7) is 5.50. The molecule has 0 spiro atoms. The minimum atomic E-state index is -0.604. The van der Waals surface area contributed by atoms with Gasteiger partial charge in [0, 0.05) is 6.42 Å². The molecule has 16 heavy (non-hydrogen) atoms. The second kappa shape index (κ2) is 5.85. The van der Waals surface area contributed by atoms with Gasteiger partial charge in [0.05, 0.1) is 5.56 Å². The Hall–Kier alpha value is -1.90. The molecule has 84 valence electrons. The Labute approximate surface area is 94.7 Å². The van der Waals surface area contributed by atoms with E-state index in [1.807, 2.05) is 6.92 Å². The van der Waals surface area contributed by atoms with E-state index in [9.17, 15) is 9.59 Å². The van der Waals surface area contributed by atoms with Gasteiger partial charge in [0.15, 0.2) is 0 Å². The molecule has 1 aromatic rings. The van der Waals surface area contributed by atoms with Crippen molar-refractivity contribution in [3.63, 3.8) is 0 Å². The van der Waals surface area contributed by atoms with Gasteiger partial charge in [-0.2, -0.15) is 0 Å². The molecule has 1 rings (SSSR count). The van der Waals surface area contributed by atoms with Gasteiger partial charge in [0.1, 0.15) is 0 Å². The molecule has 0 aliphatic carbocycles. The van der Waals surface area contributed by atoms with Crippen LogP contribution in [0.4, 0.5) is 0 Å². The van der Waals surface area contributed by atoms with Crippen LogP contribution in [0.3, 0.4) is 0 Å². The summed E-state index contributed by atoms with van der Waals surface area (Å²) in [6.07, 6.45) is 0.731. The smallest absolute Gasteiger partial charge is 0.345 e. The lowest BCUT2D eigenvalue weighted by atomic mass is 10.2. The van der Waals surface area contributed by atoms with Crippen LogP contribution in [0.25, 0.3) is 0 Å². The summed E-state index contributed by atoms with van der Waals surface area (Å²) in [6, 6.07) is 8.44. The molecule has 0 unspecified atom stereocenters. The predicted octanol–water partition coefficient (Wildman–Crippen LogP) is 2.73. The van der Waals surface area contributed by atoms with E-state index in [1.54, 1.807) is 30.3 Å². The van der Waals surface area contributed by atoms with Gasteiger partial charge in [0.25, 0.3) is 0 Å². The monoisotopic (exact) mass is 218 g/mol. The largest absolute Gasteiger partial charge is 0.389 e. The molecule has 0 radical (unpaired) electrons. The first-order valence-electron chi connectivity index (χ1n) is 5.04. The third-order valence-electron chi connectivity index (χ3n) is 1.97. The SMILES string of the molecule is C=C(C)CCC(=O)OC(=O)c1ccccc1. The topological polar surface area (TPSA) is 43.4 Å². The molecule has 0 aliphatic rings. The minimum absolute atomic E-state index is 0.188. The van der Waals surface area contributed by atoms with Crippen molar-refractivity contribution in [1.82, 2.24) is 0 Å². The highest BCUT2D eigenvalue weighted by molar-refractivity contribution is 5.96. The lowest BCUT2D eigenvalue weighted by Crippen LogP contribution is -2.12. The van der Waals surface area contributed by atoms with E-state index in [4.69, 9.17) is 0 Å². The normalized spacial score (nSPS) is 9.56. The summed E-state index contributed by atoms with van der Waals surface area (Å²) in [4.78, 5) is 22.7. The average molecular weight is 218 g/mol. The van der Waals surface area contributed by atoms with Crippen molar-refractivity contribution in [2.45, 2.75) is 19.8 Å². The summed E-state index contributed by atoms with van der Waals surface area (Å²) in [5, 5.41) is 0. The number of carbonyl (C=O) groups is 2. The number of carbonyl (C=O) groups excluding carboxylic acids is 2. The van der Waals surface area contributed by atoms with Crippen molar-refractivity contribution in [1.29, 1.82) is 0 Å². The zero-order valence-electron chi connectivity index (χ0n) is 9.23. The lowest BCUT2D eigenvalue weighted by molar-refractivity contribution is -0.137. The summed E-state index contributed by atoms with van der Waals surface area (Å²) in [5.74, 6) is -1.12. The maximum absolute atomic E-state index is 11.4. The summed E-state index contributed by atoms with van der Waals surface area (Å²) in [7, 11) is 0. The molecule has 3 heteroatoms. The standard InChI is InChI=1S/C13H14O3/c1-10(2)8-9-12(14)16-13(15)11-6-4-3-5-7-11/h3-7H,1,8-9H2,2H3. The Bertz CT molecular complexity index is 393. The molecule has 0 heterocycles. The molecular formula is C13H14O3. The summed E-state index contributed by atoms with van der Waals surface area (Å²) < 4.78 is 4.67. The Morgan fingerprint density at radius 2 is 1.81 bits per heavy atom. The van der Waals surface area contributed by atoms with Crippen LogP contribution in [0, 0.1) is 0 Å². The van der Waals surface area contributed by atoms with Gasteiger partial charge in [-0.25, -0.2) is 4.79 Å². The van der Waals surface area contributed by atoms with Gasteiger partial charge in [-0.3, -0.25) is 4.79 Å². The Morgan fingerprint density at radius 3 is 2.38 bits per heavy atom. The molecule has 3 nitrogen and oxygen atoms in total. The fourth-order valence-electron chi connectivity index (χ4n) is 1.10. The van der Waals surface area contributed by atoms with Gasteiger partial charge in [-0.15, -0.1) is 6.58 Å². The fraction of sp³-hybridized carbons (Fsp3) is 0.231. The van der Waals surface area contributed by atoms with Crippen LogP contribution >= 0.6 is 0 Å². The molecule has 0 aromatic heterocycles. The van der Waals surface area contributed by atoms with Gasteiger partial charge in [-0.05, 0) is 25.5 Å². The quantitative estimate of drug-likeness (QED) is 0.443. The molecule has 0 saturated carbocycles. The molecule has 0 fully saturated rings. The molecule has 0 N–H and O–H groups in total. The molecule has 0 bridgehead atoms. The highest BCUT2D eigenvalue weighted by Gasteiger charge is 2.11. The van der Waals surface area contributed by atoms with Crippen molar-refractivity contribution in [2.24, 2.45) is 0 Å². The number of benzene rings is 1. The highest BCUT2D eigenvalue weighted by Crippen LogP contribution is 2.05. The van der Waals surface area contributed by atoms with Crippen LogP contribution in [0.15, 0.2) is 42.5 Å². The molecule has 0 atom stereocenters. The Balaban J connectivity index is 2.46. The molecule has 0 aliphatic heterocycles. The number of hydrogen-bond donors (Lipinski definition) is 0. The third-order valence-corrected chi connectivity index (χ3v) is 1.97. The van der Waals surface area contributed by atoms with Crippen molar-refractivity contribution >= 4 is 11.9 Å². The number of esters is 2. The maximum Gasteiger partial charge on any atom is 0.345 e. The number of rotatable bonds is 4. The van der Waals surface area contributed by atoms with Gasteiger partial charge in [0.2, 0.25) is 0 Å². The highest BCUT2D eigenvalue weighted by atomic mass is 16.6. The minimum Gasteiger partial charge on any atom is -0.389 e. The van der Waals surface area contributed by atoms with E-state index >= 15 is 0 Å². The van der Waals surface area contributed by atoms with E-state index in [1.165, 1.54) is 0 Å². The van der Waals surface area contributed by atoms with Gasteiger partial charge < -0.3 is 4.74 Å². The van der Waals surface area contributed by atoms with Crippen LogP contribution in [-0.4, -0.2) is 11.9 Å². The fourth-order valence-corrected chi connectivity index (χ4v) is 1.10. The van der Waals surface area contributed by atoms with Crippen molar-refractivity contribution in [3.8, 4) is 0 Å². The second-order valence-corrected chi connectivity index (χ2v) is 3.58. The van der Waals surface area contributed by atoms with Crippen molar-refractivity contribution in [2.75, 3.05) is 0 Å². The Kier molecular flexibility index (Phi) is 4.45. The lowest BCUT2D eigenvalue weighted by Gasteiger charge is -2.02. The van der Waals surface area contributed by atoms with E-state index in [2.05, 4.69) is 11.3 Å². The van der Waals surface area contributed by atoms with Crippen molar-refractivity contribution < 1.29 is 14.3 Å². The molecule has 0 saturated heterocycles. The predicted molar refractivity (Wildman–Crippen MR) is 60.9 cm³/mol. The zero-order chi connectivity index (χ0) is 12.0. The summed E-state index contributed by atoms with van der Waals surface area (Å²) in [5.41, 5.74) is 1.27. The van der Waals surface area contributed by atoms with E-state index in [0.29, 0.717) is 12.0 Å². The molecule has 0 amide bonds. The van der Waals surface area contributed by atoms with Crippen LogP contribution in [0.5, 0.6) is 0 Å². The average Bonchev–Trinajstić information content (AvgIpc) is 2.27. The van der Waals surface area contributed by atoms with Crippen LogP contribution in [0.1, 0.15) is 30.1 Å². The first-order valence-corrected chi connectivity index (χ1v) is 5.04. The van der Waals surface area contributed by atoms with Crippen molar-refractivity contribution in [3.05, 3.63) is 48.0 Å². The molecule has 1 aromatic carbocycles. The number of ether oxygens (including phenoxy) is 1. The van der Waals surface area contributed by atoms with E-state index in [-0.39, 0.29) is 6.42 Å². The number of hydrogen-bond acceptors (Lipinski definition) is 3. The van der Waals surface area contributed by atoms with E-state index in [0.717, 1.165) is 5.57 Å². The van der Waals surface area contributed by atoms with Crippen LogP contribution in [-0.2, 0) is 9.53 Å². The van der Waals surface area contributed by atoms with E-state index < -0.39 is 11.9 Å². The molecular weight excluding hydrogens is 204 g/mol. The zero-order valence-corrected chi connectivity index (χ0v) is 9.23. The van der Waals surface area contributed by atoms with Crippen LogP contribution in [0.2, 0.25) is 0 Å². The first-order chi connectivity index (χ1) is 7.59. The van der Waals surface area contributed by atoms with Gasteiger partial charge >= 0.3 is 11.9 Å². The number of allylic oxidation sites excluding steroid dienone is 1. The third kappa shape index (κ3) is 4.09. The maximum atomic E-state index is 11.4. The van der Waals surface area contributed by atoms with Crippen LogP contribution < -0.4 is 0 Å². The summed E-state index contributed by atoms with van der Waals surface area (Å²) >= 11 is 0. The van der Waals surface area contributed by atoms with Gasteiger partial charge in [-0.1, -0.05) is 23.8 Å². The first kappa shape index (κ1) is 12.2. The second-order valence-electron chi connectivity index (χ2n) is 3.58.